The van der Waals surface area contributed by atoms with Gasteiger partial charge in [0, 0.05) is 38.2 Å². The maximum Gasteiger partial charge on any atom is 0.235 e. The lowest BCUT2D eigenvalue weighted by Gasteiger charge is -2.15. The molecule has 4 nitrogen and oxygen atoms in total. The average molecular weight is 737 g/mol. The van der Waals surface area contributed by atoms with Crippen LogP contribution in [0.4, 0.5) is 0 Å². The molecule has 0 saturated heterocycles. The van der Waals surface area contributed by atoms with Crippen molar-refractivity contribution in [3.63, 3.8) is 0 Å². The maximum absolute atomic E-state index is 5.58. The molecule has 0 aliphatic heterocycles. The minimum atomic E-state index is 0.650. The van der Waals surface area contributed by atoms with Crippen LogP contribution in [0.2, 0.25) is 0 Å². The summed E-state index contributed by atoms with van der Waals surface area (Å²) >= 11 is 0. The van der Waals surface area contributed by atoms with E-state index in [9.17, 15) is 0 Å². The normalized spacial score (nSPS) is 12.1. The van der Waals surface area contributed by atoms with Gasteiger partial charge < -0.3 is 4.57 Å². The largest absolute Gasteiger partial charge is 0.309 e. The first kappa shape index (κ1) is 31.4. The van der Waals surface area contributed by atoms with Crippen molar-refractivity contribution in [3.8, 4) is 22.9 Å². The molecule has 58 heavy (non-hydrogen) atoms. The van der Waals surface area contributed by atoms with E-state index in [2.05, 4.69) is 203 Å². The molecule has 0 amide bonds. The van der Waals surface area contributed by atoms with Gasteiger partial charge in [-0.1, -0.05) is 146 Å². The topological polar surface area (TPSA) is 35.6 Å². The molecule has 13 aromatic rings. The zero-order valence-corrected chi connectivity index (χ0v) is 31.3. The highest BCUT2D eigenvalue weighted by molar-refractivity contribution is 6.24. The summed E-state index contributed by atoms with van der Waals surface area (Å²) in [4.78, 5) is 10.9. The molecule has 3 heterocycles. The average Bonchev–Trinajstić information content (AvgIpc) is 3.81. The summed E-state index contributed by atoms with van der Waals surface area (Å²) in [5.41, 5.74) is 8.56. The van der Waals surface area contributed by atoms with Gasteiger partial charge in [0.25, 0.3) is 0 Å². The van der Waals surface area contributed by atoms with Gasteiger partial charge in [0.2, 0.25) is 5.95 Å². The van der Waals surface area contributed by atoms with E-state index in [1.54, 1.807) is 0 Å². The highest BCUT2D eigenvalue weighted by Gasteiger charge is 2.22. The van der Waals surface area contributed by atoms with Gasteiger partial charge in [-0.3, -0.25) is 4.57 Å². The molecule has 0 fully saturated rings. The van der Waals surface area contributed by atoms with Crippen molar-refractivity contribution in [3.05, 3.63) is 194 Å². The van der Waals surface area contributed by atoms with Crippen LogP contribution >= 0.6 is 0 Å². The molecule has 0 bridgehead atoms. The van der Waals surface area contributed by atoms with Crippen molar-refractivity contribution in [1.82, 2.24) is 19.1 Å². The molecule has 10 aromatic carbocycles. The first-order valence-electron chi connectivity index (χ1n) is 19.8. The Labute approximate surface area is 332 Å². The molecule has 0 spiro atoms. The molecule has 0 N–H and O–H groups in total. The molecule has 13 rings (SSSR count). The van der Waals surface area contributed by atoms with Crippen LogP contribution in [0.5, 0.6) is 0 Å². The zero-order valence-electron chi connectivity index (χ0n) is 31.3. The Morgan fingerprint density at radius 3 is 1.60 bits per heavy atom. The number of rotatable bonds is 3. The summed E-state index contributed by atoms with van der Waals surface area (Å²) in [6.45, 7) is 0. The first-order chi connectivity index (χ1) is 28.8. The van der Waals surface area contributed by atoms with E-state index < -0.39 is 0 Å². The summed E-state index contributed by atoms with van der Waals surface area (Å²) in [5.74, 6) is 0.650. The standard InChI is InChI=1S/C54H32N4/c1-5-17-38-33(13-1)25-28-49-51(38)43-22-10-12-24-47(43)57(49)36-27-30-48-45(32-36)52-39-18-6-2-14-34(39)26-29-50(52)58(48)54-55-46-23-11-9-21-42(46)53(56-54)44-31-35-15-3-4-16-37(35)40-19-7-8-20-41(40)44/h1-32H. The van der Waals surface area contributed by atoms with Crippen molar-refractivity contribution in [1.29, 1.82) is 0 Å². The Hall–Kier alpha value is -7.82. The molecular weight excluding hydrogens is 705 g/mol. The van der Waals surface area contributed by atoms with Crippen molar-refractivity contribution in [2.24, 2.45) is 0 Å². The van der Waals surface area contributed by atoms with Gasteiger partial charge in [-0.2, -0.15) is 0 Å². The van der Waals surface area contributed by atoms with E-state index in [1.807, 2.05) is 0 Å². The number of benzene rings is 10. The third kappa shape index (κ3) is 4.34. The highest BCUT2D eigenvalue weighted by atomic mass is 15.2. The molecule has 0 aliphatic carbocycles. The molecular formula is C54H32N4. The van der Waals surface area contributed by atoms with Gasteiger partial charge in [0.15, 0.2) is 0 Å². The Kier molecular flexibility index (Phi) is 6.41. The summed E-state index contributed by atoms with van der Waals surface area (Å²) < 4.78 is 4.71. The maximum atomic E-state index is 5.58. The van der Waals surface area contributed by atoms with Gasteiger partial charge in [0.05, 0.1) is 33.3 Å². The van der Waals surface area contributed by atoms with Crippen molar-refractivity contribution in [2.45, 2.75) is 0 Å². The SMILES string of the molecule is c1ccc2c(c1)cc(-c1nc(-n3c4ccc(-n5c6ccccc6c6c7ccccc7ccc65)cc4c4c5ccccc5ccc43)nc3ccccc13)c1ccccc12. The van der Waals surface area contributed by atoms with Crippen molar-refractivity contribution < 1.29 is 0 Å². The van der Waals surface area contributed by atoms with Crippen LogP contribution in [0.3, 0.4) is 0 Å². The lowest BCUT2D eigenvalue weighted by molar-refractivity contribution is 1.01. The lowest BCUT2D eigenvalue weighted by atomic mass is 9.94. The second kappa shape index (κ2) is 11.8. The minimum Gasteiger partial charge on any atom is -0.309 e. The summed E-state index contributed by atoms with van der Waals surface area (Å²) in [6.07, 6.45) is 0. The zero-order chi connectivity index (χ0) is 37.9. The highest BCUT2D eigenvalue weighted by Crippen LogP contribution is 2.42. The molecule has 4 heteroatoms. The summed E-state index contributed by atoms with van der Waals surface area (Å²) in [7, 11) is 0. The number of hydrogen-bond donors (Lipinski definition) is 0. The fourth-order valence-corrected chi connectivity index (χ4v) is 9.77. The van der Waals surface area contributed by atoms with Crippen LogP contribution < -0.4 is 0 Å². The summed E-state index contributed by atoms with van der Waals surface area (Å²) in [6, 6.07) is 70.2. The molecule has 0 radical (unpaired) electrons. The second-order valence-electron chi connectivity index (χ2n) is 15.3. The number of aromatic nitrogens is 4. The van der Waals surface area contributed by atoms with Crippen LogP contribution in [-0.2, 0) is 0 Å². The number of nitrogens with zero attached hydrogens (tertiary/aromatic N) is 4. The van der Waals surface area contributed by atoms with Crippen LogP contribution in [-0.4, -0.2) is 19.1 Å². The quantitative estimate of drug-likeness (QED) is 0.169. The third-order valence-electron chi connectivity index (χ3n) is 12.3. The Morgan fingerprint density at radius 2 is 0.845 bits per heavy atom. The van der Waals surface area contributed by atoms with Crippen LogP contribution in [0, 0.1) is 0 Å². The number of fused-ring (bicyclic) bond motifs is 14. The molecule has 268 valence electrons. The lowest BCUT2D eigenvalue weighted by Crippen LogP contribution is -2.04. The minimum absolute atomic E-state index is 0.650. The van der Waals surface area contributed by atoms with E-state index in [0.29, 0.717) is 5.95 Å². The predicted molar refractivity (Wildman–Crippen MR) is 244 cm³/mol. The monoisotopic (exact) mass is 736 g/mol. The molecule has 0 saturated carbocycles. The molecule has 3 aromatic heterocycles. The Morgan fingerprint density at radius 1 is 0.310 bits per heavy atom. The second-order valence-corrected chi connectivity index (χ2v) is 15.3. The van der Waals surface area contributed by atoms with Gasteiger partial charge in [-0.25, -0.2) is 9.97 Å². The van der Waals surface area contributed by atoms with Gasteiger partial charge >= 0.3 is 0 Å². The fraction of sp³-hybridized carbons (Fsp3) is 0. The smallest absolute Gasteiger partial charge is 0.235 e. The fourth-order valence-electron chi connectivity index (χ4n) is 9.77. The van der Waals surface area contributed by atoms with E-state index in [1.165, 1.54) is 70.3 Å². The molecule has 0 atom stereocenters. The van der Waals surface area contributed by atoms with Crippen LogP contribution in [0.15, 0.2) is 194 Å². The van der Waals surface area contributed by atoms with E-state index in [4.69, 9.17) is 9.97 Å². The van der Waals surface area contributed by atoms with E-state index in [-0.39, 0.29) is 0 Å². The summed E-state index contributed by atoms with van der Waals surface area (Å²) in [5, 5.41) is 15.6. The van der Waals surface area contributed by atoms with Crippen LogP contribution in [0.1, 0.15) is 0 Å². The van der Waals surface area contributed by atoms with E-state index in [0.717, 1.165) is 44.3 Å². The van der Waals surface area contributed by atoms with Gasteiger partial charge in [-0.05, 0) is 91.6 Å². The molecule has 0 unspecified atom stereocenters. The van der Waals surface area contributed by atoms with Gasteiger partial charge in [0.1, 0.15) is 0 Å². The third-order valence-corrected chi connectivity index (χ3v) is 12.3. The molecule has 0 aliphatic rings. The van der Waals surface area contributed by atoms with Gasteiger partial charge in [-0.15, -0.1) is 0 Å². The Balaban J connectivity index is 1.13. The van der Waals surface area contributed by atoms with Crippen molar-refractivity contribution >= 4 is 97.6 Å². The predicted octanol–water partition coefficient (Wildman–Crippen LogP) is 14.1. The van der Waals surface area contributed by atoms with E-state index >= 15 is 0 Å². The number of para-hydroxylation sites is 2. The first-order valence-corrected chi connectivity index (χ1v) is 19.8. The Bertz CT molecular complexity index is 3870. The van der Waals surface area contributed by atoms with Crippen molar-refractivity contribution in [2.75, 3.05) is 0 Å². The van der Waals surface area contributed by atoms with Crippen LogP contribution in [0.25, 0.3) is 120 Å². The number of hydrogen-bond acceptors (Lipinski definition) is 2.